The normalized spacial score (nSPS) is 23.4. The number of hydrogen-bond acceptors (Lipinski definition) is 5. The molecule has 0 unspecified atom stereocenters. The number of fused-ring (bicyclic) bond motifs is 2. The van der Waals surface area contributed by atoms with Crippen LogP contribution in [0.1, 0.15) is 37.7 Å². The van der Waals surface area contributed by atoms with Gasteiger partial charge < -0.3 is 9.26 Å². The van der Waals surface area contributed by atoms with Crippen LogP contribution < -0.4 is 5.32 Å². The number of aryl methyl sites for hydroxylation is 1. The van der Waals surface area contributed by atoms with Crippen molar-refractivity contribution in [3.63, 3.8) is 0 Å². The van der Waals surface area contributed by atoms with Crippen LogP contribution in [-0.4, -0.2) is 23.6 Å². The van der Waals surface area contributed by atoms with Gasteiger partial charge in [0.05, 0.1) is 0 Å². The number of amides is 1. The molecule has 0 saturated heterocycles. The van der Waals surface area contributed by atoms with Crippen LogP contribution in [0.2, 0.25) is 0 Å². The Morgan fingerprint density at radius 1 is 1.22 bits per heavy atom. The highest BCUT2D eigenvalue weighted by Gasteiger charge is 2.40. The molecule has 2 aliphatic carbocycles. The van der Waals surface area contributed by atoms with Crippen molar-refractivity contribution in [2.75, 3.05) is 11.9 Å². The highest BCUT2D eigenvalue weighted by Crippen LogP contribution is 2.49. The minimum absolute atomic E-state index is 0.236. The largest absolute Gasteiger partial charge is 0.456 e. The molecule has 2 fully saturated rings. The van der Waals surface area contributed by atoms with Gasteiger partial charge in [-0.2, -0.15) is 0 Å². The van der Waals surface area contributed by atoms with Crippen LogP contribution in [0.25, 0.3) is 11.3 Å². The van der Waals surface area contributed by atoms with Gasteiger partial charge in [0.2, 0.25) is 5.88 Å². The lowest BCUT2D eigenvalue weighted by atomic mass is 9.86. The minimum atomic E-state index is -0.428. The Labute approximate surface area is 158 Å². The fourth-order valence-corrected chi connectivity index (χ4v) is 4.41. The lowest BCUT2D eigenvalue weighted by Crippen LogP contribution is -2.23. The molecule has 2 saturated carbocycles. The fraction of sp³-hybridized carbons (Fsp3) is 0.476. The van der Waals surface area contributed by atoms with Crippen molar-refractivity contribution >= 4 is 17.8 Å². The number of carbonyl (C=O) groups excluding carboxylic acids is 2. The van der Waals surface area contributed by atoms with Crippen molar-refractivity contribution in [2.45, 2.75) is 39.0 Å². The number of nitrogens with one attached hydrogen (secondary N) is 1. The lowest BCUT2D eigenvalue weighted by Gasteiger charge is -2.20. The number of esters is 1. The van der Waals surface area contributed by atoms with Crippen LogP contribution in [0, 0.1) is 24.7 Å². The number of ether oxygens (including phenoxy) is 1. The number of anilines is 1. The average molecular weight is 368 g/mol. The van der Waals surface area contributed by atoms with E-state index in [-0.39, 0.29) is 18.5 Å². The molecular weight excluding hydrogens is 344 g/mol. The molecule has 1 N–H and O–H groups in total. The smallest absolute Gasteiger partial charge is 0.306 e. The van der Waals surface area contributed by atoms with Crippen molar-refractivity contribution in [3.8, 4) is 11.3 Å². The second-order valence-electron chi connectivity index (χ2n) is 7.79. The molecule has 2 aliphatic rings. The predicted octanol–water partition coefficient (Wildman–Crippen LogP) is 3.96. The van der Waals surface area contributed by atoms with E-state index in [2.05, 4.69) is 10.5 Å². The van der Waals surface area contributed by atoms with Gasteiger partial charge in [-0.3, -0.25) is 14.9 Å². The van der Waals surface area contributed by atoms with E-state index in [1.807, 2.05) is 31.2 Å². The quantitative estimate of drug-likeness (QED) is 0.781. The number of nitrogens with zero attached hydrogens (tertiary/aromatic N) is 1. The minimum Gasteiger partial charge on any atom is -0.456 e. The highest BCUT2D eigenvalue weighted by atomic mass is 16.5. The molecule has 1 aromatic carbocycles. The van der Waals surface area contributed by atoms with E-state index in [9.17, 15) is 9.59 Å². The summed E-state index contributed by atoms with van der Waals surface area (Å²) in [5.74, 6) is 1.42. The summed E-state index contributed by atoms with van der Waals surface area (Å²) in [6.45, 7) is 1.71. The van der Waals surface area contributed by atoms with E-state index < -0.39 is 5.91 Å². The van der Waals surface area contributed by atoms with Gasteiger partial charge in [0.15, 0.2) is 6.61 Å². The summed E-state index contributed by atoms with van der Waals surface area (Å²) >= 11 is 0. The standard InChI is InChI=1S/C21H24N2O4/c1-13-2-5-15(6-3-13)18-11-20(27-23-18)22-19(24)12-26-21(25)10-17-9-14-4-7-16(17)8-14/h2-3,5-6,11,14,16-17H,4,7-10,12H2,1H3,(H,22,24)/t14-,16+,17-/m0/s1. The first-order chi connectivity index (χ1) is 13.1. The van der Waals surface area contributed by atoms with Gasteiger partial charge in [-0.05, 0) is 43.9 Å². The molecule has 6 heteroatoms. The topological polar surface area (TPSA) is 81.4 Å². The molecule has 6 nitrogen and oxygen atoms in total. The fourth-order valence-electron chi connectivity index (χ4n) is 4.41. The third-order valence-corrected chi connectivity index (χ3v) is 5.80. The molecule has 1 aromatic heterocycles. The van der Waals surface area contributed by atoms with E-state index in [0.29, 0.717) is 24.0 Å². The molecule has 0 aliphatic heterocycles. The van der Waals surface area contributed by atoms with Gasteiger partial charge in [-0.1, -0.05) is 41.4 Å². The third kappa shape index (κ3) is 4.21. The summed E-state index contributed by atoms with van der Waals surface area (Å²) in [6.07, 6.45) is 5.35. The van der Waals surface area contributed by atoms with Gasteiger partial charge in [-0.25, -0.2) is 0 Å². The number of hydrogen-bond donors (Lipinski definition) is 1. The zero-order valence-electron chi connectivity index (χ0n) is 15.4. The van der Waals surface area contributed by atoms with Crippen molar-refractivity contribution in [1.82, 2.24) is 5.16 Å². The molecule has 27 heavy (non-hydrogen) atoms. The maximum atomic E-state index is 12.0. The van der Waals surface area contributed by atoms with Crippen molar-refractivity contribution in [1.29, 1.82) is 0 Å². The molecule has 2 aromatic rings. The first-order valence-corrected chi connectivity index (χ1v) is 9.56. The molecule has 1 amide bonds. The Morgan fingerprint density at radius 2 is 2.04 bits per heavy atom. The molecule has 3 atom stereocenters. The van der Waals surface area contributed by atoms with Gasteiger partial charge in [0, 0.05) is 18.1 Å². The molecule has 0 radical (unpaired) electrons. The van der Waals surface area contributed by atoms with Crippen LogP contribution in [0.3, 0.4) is 0 Å². The molecule has 2 bridgehead atoms. The average Bonchev–Trinajstić information content (AvgIpc) is 3.38. The zero-order valence-corrected chi connectivity index (χ0v) is 15.4. The Balaban J connectivity index is 1.23. The van der Waals surface area contributed by atoms with Gasteiger partial charge in [0.1, 0.15) is 5.69 Å². The van der Waals surface area contributed by atoms with E-state index in [1.165, 1.54) is 19.3 Å². The van der Waals surface area contributed by atoms with Crippen molar-refractivity contribution < 1.29 is 18.8 Å². The second-order valence-corrected chi connectivity index (χ2v) is 7.79. The van der Waals surface area contributed by atoms with E-state index in [0.717, 1.165) is 23.5 Å². The molecular formula is C21H24N2O4. The molecule has 4 rings (SSSR count). The third-order valence-electron chi connectivity index (χ3n) is 5.80. The Morgan fingerprint density at radius 3 is 2.74 bits per heavy atom. The summed E-state index contributed by atoms with van der Waals surface area (Å²) in [4.78, 5) is 24.0. The number of rotatable bonds is 6. The summed E-state index contributed by atoms with van der Waals surface area (Å²) < 4.78 is 10.3. The van der Waals surface area contributed by atoms with Crippen molar-refractivity contribution in [2.24, 2.45) is 17.8 Å². The maximum absolute atomic E-state index is 12.0. The highest BCUT2D eigenvalue weighted by molar-refractivity contribution is 5.92. The van der Waals surface area contributed by atoms with Gasteiger partial charge >= 0.3 is 5.97 Å². The monoisotopic (exact) mass is 368 g/mol. The van der Waals surface area contributed by atoms with E-state index in [1.54, 1.807) is 6.07 Å². The van der Waals surface area contributed by atoms with Crippen molar-refractivity contribution in [3.05, 3.63) is 35.9 Å². The zero-order chi connectivity index (χ0) is 18.8. The first-order valence-electron chi connectivity index (χ1n) is 9.56. The van der Waals surface area contributed by atoms with Crippen LogP contribution in [0.5, 0.6) is 0 Å². The second kappa shape index (κ2) is 7.55. The Hall–Kier alpha value is -2.63. The maximum Gasteiger partial charge on any atom is 0.306 e. The van der Waals surface area contributed by atoms with E-state index in [4.69, 9.17) is 9.26 Å². The first kappa shape index (κ1) is 17.8. The SMILES string of the molecule is Cc1ccc(-c2cc(NC(=O)COC(=O)C[C@@H]3C[C@H]4CC[C@@H]3C4)on2)cc1. The number of carbonyl (C=O) groups is 2. The number of aromatic nitrogens is 1. The van der Waals surface area contributed by atoms with Crippen LogP contribution in [0.4, 0.5) is 5.88 Å². The predicted molar refractivity (Wildman–Crippen MR) is 99.8 cm³/mol. The molecule has 1 heterocycles. The van der Waals surface area contributed by atoms with Gasteiger partial charge in [0.25, 0.3) is 5.91 Å². The number of benzene rings is 1. The molecule has 142 valence electrons. The van der Waals surface area contributed by atoms with Crippen LogP contribution in [-0.2, 0) is 14.3 Å². The van der Waals surface area contributed by atoms with Gasteiger partial charge in [-0.15, -0.1) is 0 Å². The summed E-state index contributed by atoms with van der Waals surface area (Å²) in [7, 11) is 0. The summed E-state index contributed by atoms with van der Waals surface area (Å²) in [6, 6.07) is 9.50. The van der Waals surface area contributed by atoms with E-state index >= 15 is 0 Å². The Bertz CT molecular complexity index is 827. The van der Waals surface area contributed by atoms with Crippen LogP contribution in [0.15, 0.2) is 34.9 Å². The Kier molecular flexibility index (Phi) is 4.97. The van der Waals surface area contributed by atoms with Crippen LogP contribution >= 0.6 is 0 Å². The lowest BCUT2D eigenvalue weighted by molar-refractivity contribution is -0.148. The summed E-state index contributed by atoms with van der Waals surface area (Å²) in [5, 5.41) is 6.53. The molecule has 0 spiro atoms. The summed E-state index contributed by atoms with van der Waals surface area (Å²) in [5.41, 5.74) is 2.70.